The fourth-order valence-electron chi connectivity index (χ4n) is 2.03. The Balaban J connectivity index is 2.45. The van der Waals surface area contributed by atoms with Gasteiger partial charge in [0.2, 0.25) is 0 Å². The van der Waals surface area contributed by atoms with Gasteiger partial charge in [-0.1, -0.05) is 43.7 Å². The van der Waals surface area contributed by atoms with E-state index in [0.29, 0.717) is 12.5 Å². The molecule has 0 saturated heterocycles. The Kier molecular flexibility index (Phi) is 7.23. The van der Waals surface area contributed by atoms with Crippen LogP contribution >= 0.6 is 0 Å². The molecule has 0 fully saturated rings. The average Bonchev–Trinajstić information content (AvgIpc) is 2.45. The summed E-state index contributed by atoms with van der Waals surface area (Å²) < 4.78 is 5.28. The summed E-state index contributed by atoms with van der Waals surface area (Å²) in [5.74, 6) is 0.507. The molecule has 3 N–H and O–H groups in total. The van der Waals surface area contributed by atoms with Crippen LogP contribution in [0.5, 0.6) is 0 Å². The molecule has 21 heavy (non-hydrogen) atoms. The van der Waals surface area contributed by atoms with Gasteiger partial charge in [0.25, 0.3) is 0 Å². The minimum atomic E-state index is -0.0242. The highest BCUT2D eigenvalue weighted by molar-refractivity contribution is 5.77. The van der Waals surface area contributed by atoms with Gasteiger partial charge < -0.3 is 15.8 Å². The van der Waals surface area contributed by atoms with Crippen molar-refractivity contribution in [2.75, 3.05) is 26.3 Å². The number of benzene rings is 1. The first-order valence-corrected chi connectivity index (χ1v) is 7.64. The Labute approximate surface area is 128 Å². The highest BCUT2D eigenvalue weighted by Gasteiger charge is 2.20. The molecule has 0 aliphatic heterocycles. The van der Waals surface area contributed by atoms with Crippen molar-refractivity contribution in [1.29, 1.82) is 0 Å². The predicted octanol–water partition coefficient (Wildman–Crippen LogP) is 2.60. The van der Waals surface area contributed by atoms with Crippen molar-refractivity contribution in [3.63, 3.8) is 0 Å². The van der Waals surface area contributed by atoms with Gasteiger partial charge in [0, 0.05) is 25.2 Å². The number of nitrogens with zero attached hydrogens (tertiary/aromatic N) is 1. The third kappa shape index (κ3) is 6.63. The van der Waals surface area contributed by atoms with Crippen LogP contribution in [-0.2, 0) is 10.2 Å². The maximum absolute atomic E-state index is 5.90. The molecule has 0 heterocycles. The first kappa shape index (κ1) is 17.5. The number of hydrogen-bond acceptors (Lipinski definition) is 2. The second-order valence-corrected chi connectivity index (χ2v) is 5.93. The van der Waals surface area contributed by atoms with E-state index in [1.807, 2.05) is 6.92 Å². The SMILES string of the molecule is CCOCCCNC(N)=NCC(C)(C)c1cccc(C)c1. The Morgan fingerprint density at radius 1 is 1.38 bits per heavy atom. The van der Waals surface area contributed by atoms with E-state index in [-0.39, 0.29) is 5.41 Å². The number of aliphatic imine (C=N–C) groups is 1. The van der Waals surface area contributed by atoms with Gasteiger partial charge in [0.15, 0.2) is 5.96 Å². The van der Waals surface area contributed by atoms with Gasteiger partial charge >= 0.3 is 0 Å². The van der Waals surface area contributed by atoms with Crippen molar-refractivity contribution in [1.82, 2.24) is 5.32 Å². The largest absolute Gasteiger partial charge is 0.382 e. The number of aryl methyl sites for hydroxylation is 1. The Hall–Kier alpha value is -1.55. The smallest absolute Gasteiger partial charge is 0.188 e. The van der Waals surface area contributed by atoms with Crippen molar-refractivity contribution >= 4 is 5.96 Å². The second kappa shape index (κ2) is 8.67. The van der Waals surface area contributed by atoms with Crippen molar-refractivity contribution in [3.8, 4) is 0 Å². The molecular weight excluding hydrogens is 262 g/mol. The van der Waals surface area contributed by atoms with Crippen LogP contribution in [0.2, 0.25) is 0 Å². The van der Waals surface area contributed by atoms with Gasteiger partial charge in [-0.15, -0.1) is 0 Å². The van der Waals surface area contributed by atoms with Crippen LogP contribution in [0.3, 0.4) is 0 Å². The van der Waals surface area contributed by atoms with E-state index >= 15 is 0 Å². The maximum atomic E-state index is 5.90. The number of hydrogen-bond donors (Lipinski definition) is 2. The van der Waals surface area contributed by atoms with E-state index in [1.54, 1.807) is 0 Å². The highest BCUT2D eigenvalue weighted by atomic mass is 16.5. The lowest BCUT2D eigenvalue weighted by Crippen LogP contribution is -2.34. The molecule has 0 unspecified atom stereocenters. The van der Waals surface area contributed by atoms with Crippen LogP contribution in [0, 0.1) is 6.92 Å². The van der Waals surface area contributed by atoms with Crippen LogP contribution < -0.4 is 11.1 Å². The van der Waals surface area contributed by atoms with Gasteiger partial charge in [0.05, 0.1) is 6.54 Å². The molecule has 118 valence electrons. The zero-order valence-corrected chi connectivity index (χ0v) is 13.8. The molecule has 1 aromatic carbocycles. The summed E-state index contributed by atoms with van der Waals surface area (Å²) in [6.07, 6.45) is 0.936. The molecule has 0 spiro atoms. The molecule has 0 aliphatic rings. The van der Waals surface area contributed by atoms with Gasteiger partial charge in [-0.25, -0.2) is 0 Å². The molecular formula is C17H29N3O. The molecule has 0 amide bonds. The van der Waals surface area contributed by atoms with E-state index in [1.165, 1.54) is 11.1 Å². The topological polar surface area (TPSA) is 59.6 Å². The van der Waals surface area contributed by atoms with Gasteiger partial charge in [-0.05, 0) is 25.8 Å². The number of rotatable bonds is 8. The average molecular weight is 291 g/mol. The van der Waals surface area contributed by atoms with Crippen molar-refractivity contribution in [3.05, 3.63) is 35.4 Å². The minimum absolute atomic E-state index is 0.0242. The molecule has 0 bridgehead atoms. The normalized spacial score (nSPS) is 12.5. The van der Waals surface area contributed by atoms with Crippen LogP contribution in [-0.4, -0.2) is 32.3 Å². The van der Waals surface area contributed by atoms with Gasteiger partial charge in [-0.2, -0.15) is 0 Å². The fraction of sp³-hybridized carbons (Fsp3) is 0.588. The molecule has 4 heteroatoms. The maximum Gasteiger partial charge on any atom is 0.188 e. The predicted molar refractivity (Wildman–Crippen MR) is 89.8 cm³/mol. The van der Waals surface area contributed by atoms with E-state index in [2.05, 4.69) is 55.3 Å². The number of nitrogens with two attached hydrogens (primary N) is 1. The molecule has 0 aromatic heterocycles. The molecule has 0 aliphatic carbocycles. The zero-order chi connectivity index (χ0) is 15.7. The summed E-state index contributed by atoms with van der Waals surface area (Å²) in [4.78, 5) is 4.46. The third-order valence-corrected chi connectivity index (χ3v) is 3.42. The summed E-state index contributed by atoms with van der Waals surface area (Å²) in [6.45, 7) is 11.5. The van der Waals surface area contributed by atoms with E-state index in [4.69, 9.17) is 10.5 Å². The van der Waals surface area contributed by atoms with E-state index < -0.39 is 0 Å². The molecule has 0 radical (unpaired) electrons. The summed E-state index contributed by atoms with van der Waals surface area (Å²) >= 11 is 0. The Morgan fingerprint density at radius 3 is 2.81 bits per heavy atom. The molecule has 1 aromatic rings. The summed E-state index contributed by atoms with van der Waals surface area (Å²) in [5.41, 5.74) is 8.43. The Bertz CT molecular complexity index is 455. The summed E-state index contributed by atoms with van der Waals surface area (Å²) in [6, 6.07) is 8.55. The fourth-order valence-corrected chi connectivity index (χ4v) is 2.03. The lowest BCUT2D eigenvalue weighted by molar-refractivity contribution is 0.145. The van der Waals surface area contributed by atoms with E-state index in [0.717, 1.165) is 26.2 Å². The lowest BCUT2D eigenvalue weighted by atomic mass is 9.84. The monoisotopic (exact) mass is 291 g/mol. The molecule has 0 saturated carbocycles. The van der Waals surface area contributed by atoms with Crippen LogP contribution in [0.1, 0.15) is 38.3 Å². The zero-order valence-electron chi connectivity index (χ0n) is 13.8. The number of ether oxygens (including phenoxy) is 1. The van der Waals surface area contributed by atoms with Gasteiger partial charge in [-0.3, -0.25) is 4.99 Å². The van der Waals surface area contributed by atoms with Crippen LogP contribution in [0.4, 0.5) is 0 Å². The minimum Gasteiger partial charge on any atom is -0.382 e. The number of guanidine groups is 1. The molecule has 1 rings (SSSR count). The first-order valence-electron chi connectivity index (χ1n) is 7.64. The van der Waals surface area contributed by atoms with E-state index in [9.17, 15) is 0 Å². The summed E-state index contributed by atoms with van der Waals surface area (Å²) in [7, 11) is 0. The highest BCUT2D eigenvalue weighted by Crippen LogP contribution is 2.24. The molecule has 0 atom stereocenters. The first-order chi connectivity index (χ1) is 9.95. The Morgan fingerprint density at radius 2 is 2.14 bits per heavy atom. The number of nitrogens with one attached hydrogen (secondary N) is 1. The van der Waals surface area contributed by atoms with Gasteiger partial charge in [0.1, 0.15) is 0 Å². The standard InChI is InChI=1S/C17H29N3O/c1-5-21-11-7-10-19-16(18)20-13-17(3,4)15-9-6-8-14(2)12-15/h6,8-9,12H,5,7,10-11,13H2,1-4H3,(H3,18,19,20). The van der Waals surface area contributed by atoms with Crippen molar-refractivity contribution in [2.45, 2.75) is 39.5 Å². The van der Waals surface area contributed by atoms with Crippen molar-refractivity contribution < 1.29 is 4.74 Å². The lowest BCUT2D eigenvalue weighted by Gasteiger charge is -2.23. The second-order valence-electron chi connectivity index (χ2n) is 5.93. The van der Waals surface area contributed by atoms with Crippen LogP contribution in [0.15, 0.2) is 29.3 Å². The quantitative estimate of drug-likeness (QED) is 0.440. The summed E-state index contributed by atoms with van der Waals surface area (Å²) in [5, 5.41) is 3.12. The molecule has 4 nitrogen and oxygen atoms in total. The van der Waals surface area contributed by atoms with Crippen LogP contribution in [0.25, 0.3) is 0 Å². The van der Waals surface area contributed by atoms with Crippen molar-refractivity contribution in [2.24, 2.45) is 10.7 Å². The third-order valence-electron chi connectivity index (χ3n) is 3.42.